The molecule has 1 aromatic heterocycles. The van der Waals surface area contributed by atoms with E-state index in [-0.39, 0.29) is 11.2 Å². The fourth-order valence-electron chi connectivity index (χ4n) is 1.68. The third-order valence-corrected chi connectivity index (χ3v) is 3.74. The Morgan fingerprint density at radius 3 is 2.33 bits per heavy atom. The maximum absolute atomic E-state index is 12.3. The quantitative estimate of drug-likeness (QED) is 0.842. The summed E-state index contributed by atoms with van der Waals surface area (Å²) in [5, 5.41) is 8.56. The summed E-state index contributed by atoms with van der Waals surface area (Å²) in [6.07, 6.45) is -2.54. The first-order valence-electron chi connectivity index (χ1n) is 5.78. The normalized spacial score (nSPS) is 13.9. The maximum Gasteiger partial charge on any atom is 0.445 e. The molecule has 0 amide bonds. The molecule has 18 heavy (non-hydrogen) atoms. The zero-order valence-corrected chi connectivity index (χ0v) is 11.1. The van der Waals surface area contributed by atoms with Crippen LogP contribution >= 0.6 is 11.3 Å². The van der Waals surface area contributed by atoms with E-state index >= 15 is 0 Å². The minimum absolute atomic E-state index is 0.0989. The van der Waals surface area contributed by atoms with Gasteiger partial charge in [-0.2, -0.15) is 13.2 Å². The molecule has 4 nitrogen and oxygen atoms in total. The maximum atomic E-state index is 12.3. The highest BCUT2D eigenvalue weighted by molar-refractivity contribution is 7.15. The Hall–Kier alpha value is -0.890. The van der Waals surface area contributed by atoms with Gasteiger partial charge >= 0.3 is 6.18 Å². The highest BCUT2D eigenvalue weighted by atomic mass is 32.1. The van der Waals surface area contributed by atoms with Gasteiger partial charge in [-0.1, -0.05) is 38.0 Å². The second-order valence-electron chi connectivity index (χ2n) is 4.03. The number of anilines is 1. The van der Waals surface area contributed by atoms with Crippen LogP contribution in [0.2, 0.25) is 0 Å². The molecule has 1 rings (SSSR count). The van der Waals surface area contributed by atoms with Gasteiger partial charge in [-0.05, 0) is 5.92 Å². The molecule has 0 spiro atoms. The molecule has 1 aromatic rings. The van der Waals surface area contributed by atoms with Crippen LogP contribution in [0.4, 0.5) is 18.3 Å². The minimum atomic E-state index is -4.44. The molecule has 0 aliphatic carbocycles. The van der Waals surface area contributed by atoms with E-state index in [9.17, 15) is 13.2 Å². The zero-order chi connectivity index (χ0) is 13.8. The van der Waals surface area contributed by atoms with E-state index in [1.165, 1.54) is 0 Å². The fraction of sp³-hybridized carbons (Fsp3) is 0.800. The van der Waals surface area contributed by atoms with Gasteiger partial charge in [0.05, 0.1) is 0 Å². The van der Waals surface area contributed by atoms with Crippen LogP contribution in [0.1, 0.15) is 31.7 Å². The van der Waals surface area contributed by atoms with Gasteiger partial charge in [0.15, 0.2) is 0 Å². The Balaban J connectivity index is 2.51. The molecule has 1 unspecified atom stereocenters. The first-order chi connectivity index (χ1) is 8.38. The molecule has 3 N–H and O–H groups in total. The highest BCUT2D eigenvalue weighted by Gasteiger charge is 2.35. The number of hydrogen-bond donors (Lipinski definition) is 2. The molecule has 104 valence electrons. The van der Waals surface area contributed by atoms with E-state index in [4.69, 9.17) is 5.73 Å². The average Bonchev–Trinajstić information content (AvgIpc) is 2.76. The van der Waals surface area contributed by atoms with Crippen LogP contribution in [-0.2, 0) is 6.18 Å². The van der Waals surface area contributed by atoms with Crippen LogP contribution < -0.4 is 11.1 Å². The zero-order valence-electron chi connectivity index (χ0n) is 10.3. The van der Waals surface area contributed by atoms with Crippen LogP contribution in [0.5, 0.6) is 0 Å². The molecule has 0 fully saturated rings. The van der Waals surface area contributed by atoms with E-state index in [0.717, 1.165) is 12.8 Å². The van der Waals surface area contributed by atoms with Gasteiger partial charge < -0.3 is 11.1 Å². The largest absolute Gasteiger partial charge is 0.445 e. The van der Waals surface area contributed by atoms with Crippen LogP contribution in [-0.4, -0.2) is 22.8 Å². The van der Waals surface area contributed by atoms with Gasteiger partial charge in [0, 0.05) is 12.6 Å². The monoisotopic (exact) mass is 282 g/mol. The van der Waals surface area contributed by atoms with Gasteiger partial charge in [-0.3, -0.25) is 0 Å². The van der Waals surface area contributed by atoms with Crippen molar-refractivity contribution < 1.29 is 13.2 Å². The highest BCUT2D eigenvalue weighted by Crippen LogP contribution is 2.32. The predicted molar refractivity (Wildman–Crippen MR) is 65.4 cm³/mol. The minimum Gasteiger partial charge on any atom is -0.359 e. The summed E-state index contributed by atoms with van der Waals surface area (Å²) in [6.45, 7) is 4.49. The Morgan fingerprint density at radius 2 is 1.89 bits per heavy atom. The van der Waals surface area contributed by atoms with E-state index < -0.39 is 11.2 Å². The van der Waals surface area contributed by atoms with Crippen molar-refractivity contribution in [2.24, 2.45) is 11.7 Å². The number of aromatic nitrogens is 2. The molecular weight excluding hydrogens is 265 g/mol. The first-order valence-corrected chi connectivity index (χ1v) is 6.60. The number of halogens is 3. The van der Waals surface area contributed by atoms with Crippen molar-refractivity contribution in [1.82, 2.24) is 10.2 Å². The number of nitrogens with zero attached hydrogens (tertiary/aromatic N) is 2. The van der Waals surface area contributed by atoms with E-state index in [2.05, 4.69) is 15.5 Å². The van der Waals surface area contributed by atoms with Crippen LogP contribution in [0.3, 0.4) is 0 Å². The van der Waals surface area contributed by atoms with Crippen molar-refractivity contribution in [3.63, 3.8) is 0 Å². The third-order valence-electron chi connectivity index (χ3n) is 2.81. The molecule has 0 radical (unpaired) electrons. The Labute approximate surface area is 108 Å². The van der Waals surface area contributed by atoms with Crippen molar-refractivity contribution >= 4 is 16.5 Å². The van der Waals surface area contributed by atoms with Gasteiger partial charge in [-0.25, -0.2) is 0 Å². The second-order valence-corrected chi connectivity index (χ2v) is 5.01. The molecule has 8 heteroatoms. The molecule has 0 aliphatic rings. The standard InChI is InChI=1S/C10H17F3N4S/c1-3-6(4-2)7(14)5-15-9-17-16-8(18-9)10(11,12)13/h6-7H,3-5,14H2,1-2H3,(H,15,17). The molecule has 1 atom stereocenters. The molecule has 0 aliphatic heterocycles. The molecule has 0 saturated carbocycles. The second kappa shape index (κ2) is 6.33. The lowest BCUT2D eigenvalue weighted by Crippen LogP contribution is -2.36. The lowest BCUT2D eigenvalue weighted by atomic mass is 9.95. The number of nitrogens with two attached hydrogens (primary N) is 1. The van der Waals surface area contributed by atoms with Crippen molar-refractivity contribution in [1.29, 1.82) is 0 Å². The van der Waals surface area contributed by atoms with Crippen LogP contribution in [0, 0.1) is 5.92 Å². The molecule has 1 heterocycles. The summed E-state index contributed by atoms with van der Waals surface area (Å²) in [7, 11) is 0. The van der Waals surface area contributed by atoms with Gasteiger partial charge in [0.1, 0.15) is 0 Å². The predicted octanol–water partition coefficient (Wildman–Crippen LogP) is 2.73. The molecular formula is C10H17F3N4S. The van der Waals surface area contributed by atoms with E-state index in [1.54, 1.807) is 0 Å². The fourth-order valence-corrected chi connectivity index (χ4v) is 2.29. The first kappa shape index (κ1) is 15.2. The number of nitrogens with one attached hydrogen (secondary N) is 1. The third kappa shape index (κ3) is 4.09. The summed E-state index contributed by atoms with van der Waals surface area (Å²) in [5.74, 6) is 0.354. The summed E-state index contributed by atoms with van der Waals surface area (Å²) in [6, 6.07) is -0.0989. The van der Waals surface area contributed by atoms with Crippen molar-refractivity contribution in [2.45, 2.75) is 38.9 Å². The van der Waals surface area contributed by atoms with Crippen molar-refractivity contribution in [3.05, 3.63) is 5.01 Å². The summed E-state index contributed by atoms with van der Waals surface area (Å²) in [4.78, 5) is 0. The summed E-state index contributed by atoms with van der Waals surface area (Å²) >= 11 is 0.495. The van der Waals surface area contributed by atoms with Crippen molar-refractivity contribution in [2.75, 3.05) is 11.9 Å². The van der Waals surface area contributed by atoms with Gasteiger partial charge in [-0.15, -0.1) is 10.2 Å². The van der Waals surface area contributed by atoms with E-state index in [1.807, 2.05) is 13.8 Å². The summed E-state index contributed by atoms with van der Waals surface area (Å²) in [5.41, 5.74) is 5.95. The van der Waals surface area contributed by atoms with E-state index in [0.29, 0.717) is 23.8 Å². The van der Waals surface area contributed by atoms with Gasteiger partial charge in [0.25, 0.3) is 0 Å². The van der Waals surface area contributed by atoms with Gasteiger partial charge in [0.2, 0.25) is 10.1 Å². The number of rotatable bonds is 6. The Bertz CT molecular complexity index is 362. The van der Waals surface area contributed by atoms with Crippen molar-refractivity contribution in [3.8, 4) is 0 Å². The smallest absolute Gasteiger partial charge is 0.359 e. The average molecular weight is 282 g/mol. The topological polar surface area (TPSA) is 63.8 Å². The Kier molecular flexibility index (Phi) is 5.33. The summed E-state index contributed by atoms with van der Waals surface area (Å²) < 4.78 is 36.9. The number of alkyl halides is 3. The van der Waals surface area contributed by atoms with Crippen LogP contribution in [0.25, 0.3) is 0 Å². The number of hydrogen-bond acceptors (Lipinski definition) is 5. The molecule has 0 aromatic carbocycles. The SMILES string of the molecule is CCC(CC)C(N)CNc1nnc(C(F)(F)F)s1. The Morgan fingerprint density at radius 1 is 1.28 bits per heavy atom. The molecule has 0 bridgehead atoms. The van der Waals surface area contributed by atoms with Crippen LogP contribution in [0.15, 0.2) is 0 Å². The molecule has 0 saturated heterocycles. The lowest BCUT2D eigenvalue weighted by molar-refractivity contribution is -0.138. The lowest BCUT2D eigenvalue weighted by Gasteiger charge is -2.20.